The van der Waals surface area contributed by atoms with Crippen molar-refractivity contribution in [2.75, 3.05) is 37.7 Å². The molecule has 4 aromatic rings. The monoisotopic (exact) mass is 610 g/mol. The number of halogens is 2. The lowest BCUT2D eigenvalue weighted by molar-refractivity contribution is -0.134. The van der Waals surface area contributed by atoms with E-state index in [1.165, 1.54) is 56.6 Å². The maximum atomic E-state index is 14.4. The molecule has 0 aliphatic carbocycles. The Balaban J connectivity index is 1.62. The van der Waals surface area contributed by atoms with Crippen molar-refractivity contribution in [1.82, 2.24) is 10.2 Å². The fourth-order valence-electron chi connectivity index (χ4n) is 5.57. The maximum Gasteiger partial charge on any atom is 0.255 e. The van der Waals surface area contributed by atoms with E-state index in [0.29, 0.717) is 41.6 Å². The predicted molar refractivity (Wildman–Crippen MR) is 160 cm³/mol. The highest BCUT2D eigenvalue weighted by Gasteiger charge is 2.33. The minimum atomic E-state index is -3.72. The second-order valence-electron chi connectivity index (χ2n) is 10.7. The molecular weight excluding hydrogens is 578 g/mol. The third-order valence-corrected chi connectivity index (χ3v) is 9.11. The highest BCUT2D eigenvalue weighted by atomic mass is 32.2. The van der Waals surface area contributed by atoms with Gasteiger partial charge in [-0.3, -0.25) is 13.9 Å². The van der Waals surface area contributed by atoms with E-state index in [9.17, 15) is 26.8 Å². The summed E-state index contributed by atoms with van der Waals surface area (Å²) >= 11 is 0. The molecule has 1 aromatic heterocycles. The van der Waals surface area contributed by atoms with E-state index in [2.05, 4.69) is 5.32 Å². The van der Waals surface area contributed by atoms with Crippen LogP contribution in [0, 0.1) is 11.6 Å². The van der Waals surface area contributed by atoms with Gasteiger partial charge in [-0.15, -0.1) is 0 Å². The Morgan fingerprint density at radius 3 is 2.47 bits per heavy atom. The molecule has 1 saturated heterocycles. The first-order valence-electron chi connectivity index (χ1n) is 13.7. The first-order valence-corrected chi connectivity index (χ1v) is 15.6. The minimum Gasteiger partial charge on any atom is -0.455 e. The lowest BCUT2D eigenvalue weighted by Crippen LogP contribution is -2.44. The van der Waals surface area contributed by atoms with Crippen molar-refractivity contribution in [2.45, 2.75) is 24.8 Å². The van der Waals surface area contributed by atoms with Crippen LogP contribution in [-0.2, 0) is 14.8 Å². The second-order valence-corrected chi connectivity index (χ2v) is 12.7. The number of fused-ring (bicyclic) bond motifs is 1. The van der Waals surface area contributed by atoms with Crippen LogP contribution in [0.1, 0.15) is 46.3 Å². The number of carbonyl (C=O) groups is 2. The molecule has 1 aliphatic rings. The second kappa shape index (κ2) is 11.8. The number of hydrogen-bond acceptors (Lipinski definition) is 6. The Morgan fingerprint density at radius 1 is 1.12 bits per heavy atom. The molecule has 0 saturated carbocycles. The molecule has 2 amide bonds. The van der Waals surface area contributed by atoms with Crippen LogP contribution in [0.25, 0.3) is 22.3 Å². The van der Waals surface area contributed by atoms with Gasteiger partial charge in [0.05, 0.1) is 17.5 Å². The molecular formula is C31H32F2N4O5S. The lowest BCUT2D eigenvalue weighted by atomic mass is 9.87. The van der Waals surface area contributed by atoms with E-state index in [-0.39, 0.29) is 34.9 Å². The number of benzene rings is 3. The van der Waals surface area contributed by atoms with Crippen LogP contribution in [-0.4, -0.2) is 58.6 Å². The standard InChI is InChI=1S/C31H32F2N4O5S/c1-35-30(38)27-23-15-22(19-7-6-14-37(17-19)31(39)28(34)21-8-4-5-9-24(21)33)25(36(2)43(3,40)41)16-26(23)42-29(27)18-10-12-20(32)13-11-18/h4-5,8-13,15-16,19,28H,6-7,14,17,34H2,1-3H3,(H,35,38)/t19-,28+/m0/s1. The number of nitrogens with two attached hydrogens (primary N) is 1. The van der Waals surface area contributed by atoms with Crippen LogP contribution in [0.15, 0.2) is 65.1 Å². The molecule has 3 N–H and O–H groups in total. The van der Waals surface area contributed by atoms with Gasteiger partial charge in [-0.1, -0.05) is 18.2 Å². The number of furan rings is 1. The molecule has 2 heterocycles. The molecule has 9 nitrogen and oxygen atoms in total. The molecule has 1 aliphatic heterocycles. The van der Waals surface area contributed by atoms with Crippen LogP contribution < -0.4 is 15.4 Å². The predicted octanol–water partition coefficient (Wildman–Crippen LogP) is 4.54. The number of sulfonamides is 1. The largest absolute Gasteiger partial charge is 0.455 e. The Bertz CT molecular complexity index is 1810. The van der Waals surface area contributed by atoms with Crippen molar-refractivity contribution in [1.29, 1.82) is 0 Å². The molecule has 1 fully saturated rings. The molecule has 0 bridgehead atoms. The summed E-state index contributed by atoms with van der Waals surface area (Å²) in [7, 11) is -0.825. The zero-order chi connectivity index (χ0) is 31.1. The van der Waals surface area contributed by atoms with Crippen molar-refractivity contribution < 1.29 is 31.2 Å². The van der Waals surface area contributed by atoms with Gasteiger partial charge in [0.25, 0.3) is 5.91 Å². The summed E-state index contributed by atoms with van der Waals surface area (Å²) in [6.45, 7) is 0.607. The smallest absolute Gasteiger partial charge is 0.255 e. The molecule has 0 unspecified atom stereocenters. The van der Waals surface area contributed by atoms with Crippen LogP contribution in [0.5, 0.6) is 0 Å². The molecule has 3 aromatic carbocycles. The maximum absolute atomic E-state index is 14.4. The molecule has 2 atom stereocenters. The average Bonchev–Trinajstić information content (AvgIpc) is 3.37. The fourth-order valence-corrected chi connectivity index (χ4v) is 6.09. The first-order chi connectivity index (χ1) is 20.4. The van der Waals surface area contributed by atoms with Crippen LogP contribution >= 0.6 is 0 Å². The van der Waals surface area contributed by atoms with Gasteiger partial charge < -0.3 is 20.4 Å². The van der Waals surface area contributed by atoms with Crippen LogP contribution in [0.3, 0.4) is 0 Å². The highest BCUT2D eigenvalue weighted by molar-refractivity contribution is 7.92. The molecule has 5 rings (SSSR count). The Labute approximate surface area is 248 Å². The van der Waals surface area contributed by atoms with Crippen LogP contribution in [0.4, 0.5) is 14.5 Å². The van der Waals surface area contributed by atoms with Crippen LogP contribution in [0.2, 0.25) is 0 Å². The number of amides is 2. The van der Waals surface area contributed by atoms with Gasteiger partial charge in [-0.2, -0.15) is 0 Å². The summed E-state index contributed by atoms with van der Waals surface area (Å²) in [4.78, 5) is 28.1. The van der Waals surface area contributed by atoms with Gasteiger partial charge in [0.15, 0.2) is 0 Å². The zero-order valence-electron chi connectivity index (χ0n) is 23.9. The number of anilines is 1. The molecule has 43 heavy (non-hydrogen) atoms. The number of nitrogens with one attached hydrogen (secondary N) is 1. The van der Waals surface area contributed by atoms with E-state index in [4.69, 9.17) is 10.2 Å². The fraction of sp³-hybridized carbons (Fsp3) is 0.290. The van der Waals surface area contributed by atoms with Crippen molar-refractivity contribution in [3.63, 3.8) is 0 Å². The van der Waals surface area contributed by atoms with E-state index in [0.717, 1.165) is 10.6 Å². The average molecular weight is 611 g/mol. The molecule has 0 radical (unpaired) electrons. The SMILES string of the molecule is CNC(=O)c1c(-c2ccc(F)cc2)oc2cc(N(C)S(C)(=O)=O)c([C@H]3CCCN(C(=O)[C@H](N)c4ccccc4F)C3)cc12. The van der Waals surface area contributed by atoms with Gasteiger partial charge in [0.1, 0.15) is 29.0 Å². The van der Waals surface area contributed by atoms with Crippen molar-refractivity contribution in [3.05, 3.63) is 89.0 Å². The topological polar surface area (TPSA) is 126 Å². The van der Waals surface area contributed by atoms with Crippen molar-refractivity contribution in [3.8, 4) is 11.3 Å². The van der Waals surface area contributed by atoms with Gasteiger partial charge >= 0.3 is 0 Å². The summed E-state index contributed by atoms with van der Waals surface area (Å²) in [6.07, 6.45) is 2.29. The Kier molecular flexibility index (Phi) is 8.26. The molecule has 0 spiro atoms. The lowest BCUT2D eigenvalue weighted by Gasteiger charge is -2.36. The van der Waals surface area contributed by atoms with Crippen molar-refractivity contribution in [2.24, 2.45) is 5.73 Å². The van der Waals surface area contributed by atoms with Gasteiger partial charge in [0, 0.05) is 55.7 Å². The summed E-state index contributed by atoms with van der Waals surface area (Å²) < 4.78 is 60.8. The molecule has 226 valence electrons. The Hall–Kier alpha value is -4.29. The number of nitrogens with zero attached hydrogens (tertiary/aromatic N) is 2. The summed E-state index contributed by atoms with van der Waals surface area (Å²) in [5.74, 6) is -2.04. The normalized spacial score (nSPS) is 16.2. The van der Waals surface area contributed by atoms with Gasteiger partial charge in [-0.05, 0) is 54.8 Å². The van der Waals surface area contributed by atoms with Crippen molar-refractivity contribution >= 4 is 38.5 Å². The number of carbonyl (C=O) groups excluding carboxylic acids is 2. The summed E-state index contributed by atoms with van der Waals surface area (Å²) in [6, 6.07) is 13.4. The number of hydrogen-bond donors (Lipinski definition) is 2. The highest BCUT2D eigenvalue weighted by Crippen LogP contribution is 2.42. The number of likely N-dealkylation sites (tertiary alicyclic amines) is 1. The molecule has 12 heteroatoms. The third kappa shape index (κ3) is 5.84. The minimum absolute atomic E-state index is 0.0930. The van der Waals surface area contributed by atoms with E-state index < -0.39 is 39.5 Å². The Morgan fingerprint density at radius 2 is 1.81 bits per heavy atom. The van der Waals surface area contributed by atoms with Gasteiger partial charge in [-0.25, -0.2) is 17.2 Å². The number of piperidine rings is 1. The first kappa shape index (κ1) is 30.2. The van der Waals surface area contributed by atoms with E-state index >= 15 is 0 Å². The van der Waals surface area contributed by atoms with Gasteiger partial charge in [0.2, 0.25) is 15.9 Å². The van der Waals surface area contributed by atoms with E-state index in [1.807, 2.05) is 0 Å². The zero-order valence-corrected chi connectivity index (χ0v) is 24.8. The van der Waals surface area contributed by atoms with E-state index in [1.54, 1.807) is 23.1 Å². The third-order valence-electron chi connectivity index (χ3n) is 7.91. The summed E-state index contributed by atoms with van der Waals surface area (Å²) in [5.41, 5.74) is 8.15. The summed E-state index contributed by atoms with van der Waals surface area (Å²) in [5, 5.41) is 3.06. The number of rotatable bonds is 7. The quantitative estimate of drug-likeness (QED) is 0.317.